The number of ether oxygens (including phenoxy) is 1. The molecular weight excluding hydrogens is 286 g/mol. The highest BCUT2D eigenvalue weighted by molar-refractivity contribution is 7.90. The summed E-state index contributed by atoms with van der Waals surface area (Å²) in [5, 5.41) is 13.0. The number of morpholine rings is 1. The van der Waals surface area contributed by atoms with Gasteiger partial charge in [-0.25, -0.2) is 13.4 Å². The lowest BCUT2D eigenvalue weighted by atomic mass is 10.3. The molecule has 0 spiro atoms. The Labute approximate surface area is 116 Å². The molecule has 1 fully saturated rings. The van der Waals surface area contributed by atoms with Crippen LogP contribution in [0.4, 0.5) is 11.4 Å². The van der Waals surface area contributed by atoms with E-state index in [-0.39, 0.29) is 10.6 Å². The van der Waals surface area contributed by atoms with E-state index in [1.54, 1.807) is 5.01 Å². The van der Waals surface area contributed by atoms with Crippen molar-refractivity contribution >= 4 is 21.2 Å². The number of sulfone groups is 1. The summed E-state index contributed by atoms with van der Waals surface area (Å²) in [5.41, 5.74) is 2.63. The van der Waals surface area contributed by atoms with E-state index in [0.29, 0.717) is 26.3 Å². The van der Waals surface area contributed by atoms with Crippen molar-refractivity contribution in [1.82, 2.24) is 5.01 Å². The predicted octanol–water partition coefficient (Wildman–Crippen LogP) is 0.657. The van der Waals surface area contributed by atoms with E-state index in [9.17, 15) is 18.5 Å². The van der Waals surface area contributed by atoms with Crippen LogP contribution in [0.1, 0.15) is 0 Å². The Bertz CT molecular complexity index is 610. The number of hydrogen-bond acceptors (Lipinski definition) is 7. The summed E-state index contributed by atoms with van der Waals surface area (Å²) in [7, 11) is -3.67. The second-order valence-electron chi connectivity index (χ2n) is 4.39. The van der Waals surface area contributed by atoms with Crippen LogP contribution in [-0.4, -0.2) is 50.9 Å². The molecule has 2 rings (SSSR count). The first-order chi connectivity index (χ1) is 9.39. The highest BCUT2D eigenvalue weighted by Crippen LogP contribution is 2.32. The summed E-state index contributed by atoms with van der Waals surface area (Å²) in [6.07, 6.45) is 0.952. The van der Waals surface area contributed by atoms with Gasteiger partial charge in [-0.1, -0.05) is 6.07 Å². The third kappa shape index (κ3) is 3.24. The molecule has 0 aromatic heterocycles. The highest BCUT2D eigenvalue weighted by Gasteiger charge is 2.27. The molecule has 0 aliphatic carbocycles. The normalized spacial score (nSPS) is 16.9. The first-order valence-corrected chi connectivity index (χ1v) is 7.85. The molecule has 0 radical (unpaired) electrons. The molecule has 0 amide bonds. The molecule has 1 aliphatic rings. The van der Waals surface area contributed by atoms with Crippen molar-refractivity contribution in [2.75, 3.05) is 38.0 Å². The van der Waals surface area contributed by atoms with Crippen LogP contribution in [-0.2, 0) is 14.6 Å². The number of rotatable bonds is 4. The molecule has 1 aliphatic heterocycles. The van der Waals surface area contributed by atoms with E-state index in [0.717, 1.165) is 6.26 Å². The first-order valence-electron chi connectivity index (χ1n) is 5.96. The zero-order chi connectivity index (χ0) is 14.8. The monoisotopic (exact) mass is 301 g/mol. The van der Waals surface area contributed by atoms with Gasteiger partial charge in [0.1, 0.15) is 10.6 Å². The fourth-order valence-corrected chi connectivity index (χ4v) is 2.81. The lowest BCUT2D eigenvalue weighted by Crippen LogP contribution is -2.40. The second-order valence-corrected chi connectivity index (χ2v) is 6.38. The summed E-state index contributed by atoms with van der Waals surface area (Å²) in [5.74, 6) is 0. The number of para-hydroxylation sites is 1. The van der Waals surface area contributed by atoms with Crippen molar-refractivity contribution < 1.29 is 18.1 Å². The molecule has 8 nitrogen and oxygen atoms in total. The van der Waals surface area contributed by atoms with Gasteiger partial charge in [-0.05, 0) is 12.1 Å². The Hall–Kier alpha value is -1.71. The van der Waals surface area contributed by atoms with Crippen LogP contribution in [0, 0.1) is 10.1 Å². The molecular formula is C11H15N3O5S. The first kappa shape index (κ1) is 14.7. The maximum atomic E-state index is 11.6. The van der Waals surface area contributed by atoms with Gasteiger partial charge in [0, 0.05) is 19.3 Å². The van der Waals surface area contributed by atoms with Crippen LogP contribution >= 0.6 is 0 Å². The number of nitro groups is 1. The van der Waals surface area contributed by atoms with E-state index in [1.165, 1.54) is 18.2 Å². The van der Waals surface area contributed by atoms with Gasteiger partial charge >= 0.3 is 5.69 Å². The number of benzene rings is 1. The Morgan fingerprint density at radius 1 is 1.35 bits per heavy atom. The summed E-state index contributed by atoms with van der Waals surface area (Å²) >= 11 is 0. The molecule has 1 heterocycles. The standard InChI is InChI=1S/C11H15N3O5S/c1-20(17,18)10-4-2-3-9(11(10)14(15)16)12-13-5-7-19-8-6-13/h2-4,12H,5-8H2,1H3. The third-order valence-corrected chi connectivity index (χ3v) is 4.00. The van der Waals surface area contributed by atoms with Gasteiger partial charge in [-0.2, -0.15) is 0 Å². The maximum Gasteiger partial charge on any atom is 0.312 e. The van der Waals surface area contributed by atoms with Gasteiger partial charge in [0.2, 0.25) is 0 Å². The predicted molar refractivity (Wildman–Crippen MR) is 72.2 cm³/mol. The van der Waals surface area contributed by atoms with Crippen LogP contribution in [0.2, 0.25) is 0 Å². The minimum absolute atomic E-state index is 0.167. The van der Waals surface area contributed by atoms with E-state index in [2.05, 4.69) is 5.43 Å². The topological polar surface area (TPSA) is 102 Å². The molecule has 110 valence electrons. The zero-order valence-corrected chi connectivity index (χ0v) is 11.7. The Morgan fingerprint density at radius 2 is 2.00 bits per heavy atom. The van der Waals surface area contributed by atoms with Gasteiger partial charge in [0.05, 0.1) is 18.1 Å². The van der Waals surface area contributed by atoms with Crippen LogP contribution in [0.5, 0.6) is 0 Å². The van der Waals surface area contributed by atoms with E-state index < -0.39 is 20.4 Å². The van der Waals surface area contributed by atoms with E-state index in [4.69, 9.17) is 4.74 Å². The molecule has 0 saturated carbocycles. The molecule has 1 aromatic rings. The Morgan fingerprint density at radius 3 is 2.55 bits per heavy atom. The lowest BCUT2D eigenvalue weighted by Gasteiger charge is -2.27. The van der Waals surface area contributed by atoms with E-state index in [1.807, 2.05) is 0 Å². The number of anilines is 1. The van der Waals surface area contributed by atoms with Gasteiger partial charge in [-0.3, -0.25) is 10.1 Å². The summed E-state index contributed by atoms with van der Waals surface area (Å²) in [4.78, 5) is 10.2. The minimum Gasteiger partial charge on any atom is -0.379 e. The maximum absolute atomic E-state index is 11.6. The molecule has 1 saturated heterocycles. The van der Waals surface area contributed by atoms with Gasteiger partial charge in [-0.15, -0.1) is 0 Å². The van der Waals surface area contributed by atoms with Crippen LogP contribution in [0.15, 0.2) is 23.1 Å². The number of nitrogens with one attached hydrogen (secondary N) is 1. The molecule has 1 N–H and O–H groups in total. The number of hydrazine groups is 1. The molecule has 0 atom stereocenters. The SMILES string of the molecule is CS(=O)(=O)c1cccc(NN2CCOCC2)c1[N+](=O)[O-]. The van der Waals surface area contributed by atoms with Crippen molar-refractivity contribution in [2.45, 2.75) is 4.90 Å². The lowest BCUT2D eigenvalue weighted by molar-refractivity contribution is -0.387. The van der Waals surface area contributed by atoms with Crippen molar-refractivity contribution in [2.24, 2.45) is 0 Å². The quantitative estimate of drug-likeness (QED) is 0.643. The van der Waals surface area contributed by atoms with E-state index >= 15 is 0 Å². The average Bonchev–Trinajstić information content (AvgIpc) is 2.38. The fraction of sp³-hybridized carbons (Fsp3) is 0.455. The van der Waals surface area contributed by atoms with Crippen molar-refractivity contribution in [3.05, 3.63) is 28.3 Å². The van der Waals surface area contributed by atoms with Gasteiger partial charge in [0.15, 0.2) is 9.84 Å². The van der Waals surface area contributed by atoms with Crippen molar-refractivity contribution in [1.29, 1.82) is 0 Å². The van der Waals surface area contributed by atoms with Crippen molar-refractivity contribution in [3.8, 4) is 0 Å². The highest BCUT2D eigenvalue weighted by atomic mass is 32.2. The Kier molecular flexibility index (Phi) is 4.21. The van der Waals surface area contributed by atoms with Gasteiger partial charge < -0.3 is 10.2 Å². The number of nitro benzene ring substituents is 1. The number of nitrogens with zero attached hydrogens (tertiary/aromatic N) is 2. The summed E-state index contributed by atoms with van der Waals surface area (Å²) < 4.78 is 28.5. The smallest absolute Gasteiger partial charge is 0.312 e. The molecule has 0 unspecified atom stereocenters. The molecule has 0 bridgehead atoms. The van der Waals surface area contributed by atoms with Gasteiger partial charge in [0.25, 0.3) is 0 Å². The molecule has 1 aromatic carbocycles. The number of hydrogen-bond donors (Lipinski definition) is 1. The van der Waals surface area contributed by atoms with Crippen LogP contribution in [0.25, 0.3) is 0 Å². The Balaban J connectivity index is 2.39. The van der Waals surface area contributed by atoms with Crippen molar-refractivity contribution in [3.63, 3.8) is 0 Å². The van der Waals surface area contributed by atoms with Crippen LogP contribution in [0.3, 0.4) is 0 Å². The zero-order valence-electron chi connectivity index (χ0n) is 10.9. The minimum atomic E-state index is -3.67. The fourth-order valence-electron chi connectivity index (χ4n) is 1.95. The average molecular weight is 301 g/mol. The molecule has 9 heteroatoms. The third-order valence-electron chi connectivity index (χ3n) is 2.87. The summed E-state index contributed by atoms with van der Waals surface area (Å²) in [6, 6.07) is 4.20. The largest absolute Gasteiger partial charge is 0.379 e. The molecule has 20 heavy (non-hydrogen) atoms. The second kappa shape index (κ2) is 5.73. The van der Waals surface area contributed by atoms with Crippen LogP contribution < -0.4 is 5.43 Å². The summed E-state index contributed by atoms with van der Waals surface area (Å²) in [6.45, 7) is 2.18.